The van der Waals surface area contributed by atoms with Gasteiger partial charge in [-0.2, -0.15) is 17.6 Å². The van der Waals surface area contributed by atoms with Crippen molar-refractivity contribution in [3.8, 4) is 0 Å². The SMILES string of the molecule is O=C(F)CCCC(F)(F)F. The molecule has 60 valence electrons. The van der Waals surface area contributed by atoms with Crippen molar-refractivity contribution >= 4 is 6.04 Å². The van der Waals surface area contributed by atoms with Gasteiger partial charge in [-0.1, -0.05) is 0 Å². The van der Waals surface area contributed by atoms with Gasteiger partial charge in [-0.15, -0.1) is 0 Å². The molecule has 0 aromatic rings. The summed E-state index contributed by atoms with van der Waals surface area (Å²) in [6.45, 7) is 0. The minimum Gasteiger partial charge on any atom is -0.261 e. The first-order valence-electron chi connectivity index (χ1n) is 2.67. The molecule has 5 heteroatoms. The predicted octanol–water partition coefficient (Wildman–Crippen LogP) is 2.22. The third-order valence-corrected chi connectivity index (χ3v) is 0.834. The second-order valence-corrected chi connectivity index (χ2v) is 1.82. The summed E-state index contributed by atoms with van der Waals surface area (Å²) in [6, 6.07) is -1.69. The molecule has 10 heavy (non-hydrogen) atoms. The third-order valence-electron chi connectivity index (χ3n) is 0.834. The topological polar surface area (TPSA) is 17.1 Å². The molecule has 1 nitrogen and oxygen atoms in total. The van der Waals surface area contributed by atoms with Crippen molar-refractivity contribution in [1.82, 2.24) is 0 Å². The molecule has 0 rings (SSSR count). The molecule has 0 N–H and O–H groups in total. The van der Waals surface area contributed by atoms with Crippen molar-refractivity contribution in [3.05, 3.63) is 0 Å². The molecule has 0 amide bonds. The van der Waals surface area contributed by atoms with E-state index in [1.165, 1.54) is 0 Å². The zero-order valence-electron chi connectivity index (χ0n) is 5.04. The Morgan fingerprint density at radius 3 is 2.10 bits per heavy atom. The van der Waals surface area contributed by atoms with Crippen LogP contribution in [0.25, 0.3) is 0 Å². The molecule has 0 fully saturated rings. The normalized spacial score (nSPS) is 11.6. The van der Waals surface area contributed by atoms with E-state index in [1.54, 1.807) is 0 Å². The highest BCUT2D eigenvalue weighted by Crippen LogP contribution is 2.22. The first-order valence-corrected chi connectivity index (χ1v) is 2.67. The summed E-state index contributed by atoms with van der Waals surface area (Å²) in [7, 11) is 0. The van der Waals surface area contributed by atoms with Crippen LogP contribution >= 0.6 is 0 Å². The predicted molar refractivity (Wildman–Crippen MR) is 26.0 cm³/mol. The van der Waals surface area contributed by atoms with Crippen molar-refractivity contribution in [1.29, 1.82) is 0 Å². The highest BCUT2D eigenvalue weighted by molar-refractivity contribution is 5.67. The van der Waals surface area contributed by atoms with Crippen LogP contribution < -0.4 is 0 Å². The van der Waals surface area contributed by atoms with Gasteiger partial charge in [0.25, 0.3) is 0 Å². The van der Waals surface area contributed by atoms with E-state index in [0.717, 1.165) is 0 Å². The quantitative estimate of drug-likeness (QED) is 0.454. The first-order chi connectivity index (χ1) is 4.42. The van der Waals surface area contributed by atoms with Crippen molar-refractivity contribution in [2.45, 2.75) is 25.4 Å². The highest BCUT2D eigenvalue weighted by Gasteiger charge is 2.26. The Hall–Kier alpha value is -0.610. The second-order valence-electron chi connectivity index (χ2n) is 1.82. The van der Waals surface area contributed by atoms with Gasteiger partial charge in [-0.25, -0.2) is 0 Å². The summed E-state index contributed by atoms with van der Waals surface area (Å²) in [6.07, 6.45) is -6.48. The number of halogens is 4. The molecular weight excluding hydrogens is 152 g/mol. The van der Waals surface area contributed by atoms with Crippen LogP contribution in [-0.2, 0) is 4.79 Å². The second kappa shape index (κ2) is 3.53. The van der Waals surface area contributed by atoms with Gasteiger partial charge in [0.15, 0.2) is 0 Å². The van der Waals surface area contributed by atoms with E-state index in [-0.39, 0.29) is 0 Å². The Kier molecular flexibility index (Phi) is 3.32. The van der Waals surface area contributed by atoms with E-state index in [1.807, 2.05) is 0 Å². The lowest BCUT2D eigenvalue weighted by molar-refractivity contribution is -0.139. The van der Waals surface area contributed by atoms with Crippen LogP contribution in [0.1, 0.15) is 19.3 Å². The smallest absolute Gasteiger partial charge is 0.261 e. The maximum absolute atomic E-state index is 11.3. The fourth-order valence-corrected chi connectivity index (χ4v) is 0.428. The molecule has 0 heterocycles. The van der Waals surface area contributed by atoms with Crippen molar-refractivity contribution in [2.75, 3.05) is 0 Å². The summed E-state index contributed by atoms with van der Waals surface area (Å²) >= 11 is 0. The Morgan fingerprint density at radius 2 is 1.80 bits per heavy atom. The fraction of sp³-hybridized carbons (Fsp3) is 0.800. The van der Waals surface area contributed by atoms with Gasteiger partial charge in [0.05, 0.1) is 0 Å². The van der Waals surface area contributed by atoms with Gasteiger partial charge < -0.3 is 0 Å². The number of hydrogen-bond donors (Lipinski definition) is 0. The number of carbonyl (C=O) groups is 1. The lowest BCUT2D eigenvalue weighted by Gasteiger charge is -2.02. The first kappa shape index (κ1) is 9.39. The van der Waals surface area contributed by atoms with Crippen LogP contribution in [0.4, 0.5) is 17.6 Å². The van der Waals surface area contributed by atoms with Crippen LogP contribution in [0.15, 0.2) is 0 Å². The van der Waals surface area contributed by atoms with Gasteiger partial charge in [-0.3, -0.25) is 4.79 Å². The average Bonchev–Trinajstić information content (AvgIpc) is 1.59. The molecule has 0 unspecified atom stereocenters. The zero-order valence-corrected chi connectivity index (χ0v) is 5.04. The van der Waals surface area contributed by atoms with E-state index in [2.05, 4.69) is 0 Å². The molecule has 0 radical (unpaired) electrons. The number of alkyl halides is 3. The van der Waals surface area contributed by atoms with E-state index >= 15 is 0 Å². The number of rotatable bonds is 3. The van der Waals surface area contributed by atoms with E-state index < -0.39 is 31.5 Å². The lowest BCUT2D eigenvalue weighted by Crippen LogP contribution is -2.07. The molecule has 0 saturated carbocycles. The summed E-state index contributed by atoms with van der Waals surface area (Å²) in [5.41, 5.74) is 0. The monoisotopic (exact) mass is 158 g/mol. The van der Waals surface area contributed by atoms with Crippen LogP contribution in [-0.4, -0.2) is 12.2 Å². The minimum absolute atomic E-state index is 0.459. The van der Waals surface area contributed by atoms with Crippen molar-refractivity contribution < 1.29 is 22.4 Å². The van der Waals surface area contributed by atoms with Gasteiger partial charge in [0.1, 0.15) is 0 Å². The molecule has 0 spiro atoms. The van der Waals surface area contributed by atoms with Crippen LogP contribution in [0.3, 0.4) is 0 Å². The van der Waals surface area contributed by atoms with Gasteiger partial charge in [-0.05, 0) is 6.42 Å². The molecule has 0 aromatic carbocycles. The molecule has 0 bridgehead atoms. The standard InChI is InChI=1S/C5H6F4O/c6-4(10)2-1-3-5(7,8)9/h1-3H2. The summed E-state index contributed by atoms with van der Waals surface area (Å²) in [5.74, 6) is 0. The van der Waals surface area contributed by atoms with E-state index in [9.17, 15) is 22.4 Å². The molecule has 0 aromatic heterocycles. The van der Waals surface area contributed by atoms with Crippen molar-refractivity contribution in [2.24, 2.45) is 0 Å². The molecule has 0 aliphatic rings. The molecule has 0 aliphatic heterocycles. The van der Waals surface area contributed by atoms with Crippen LogP contribution in [0.2, 0.25) is 0 Å². The van der Waals surface area contributed by atoms with Gasteiger partial charge >= 0.3 is 12.2 Å². The number of carbonyl (C=O) groups excluding carboxylic acids is 1. The summed E-state index contributed by atoms with van der Waals surface area (Å²) in [4.78, 5) is 9.50. The summed E-state index contributed by atoms with van der Waals surface area (Å²) in [5, 5.41) is 0. The highest BCUT2D eigenvalue weighted by atomic mass is 19.4. The minimum atomic E-state index is -4.28. The molecular formula is C5H6F4O. The van der Waals surface area contributed by atoms with E-state index in [0.29, 0.717) is 0 Å². The largest absolute Gasteiger partial charge is 0.389 e. The van der Waals surface area contributed by atoms with Crippen molar-refractivity contribution in [3.63, 3.8) is 0 Å². The Morgan fingerprint density at radius 1 is 1.30 bits per heavy atom. The van der Waals surface area contributed by atoms with Crippen LogP contribution in [0.5, 0.6) is 0 Å². The summed E-state index contributed by atoms with van der Waals surface area (Å²) < 4.78 is 45.1. The average molecular weight is 158 g/mol. The third kappa shape index (κ3) is 7.39. The van der Waals surface area contributed by atoms with Crippen LogP contribution in [0, 0.1) is 0 Å². The number of hydrogen-bond acceptors (Lipinski definition) is 1. The van der Waals surface area contributed by atoms with Gasteiger partial charge in [0.2, 0.25) is 0 Å². The Labute approximate surface area is 55.0 Å². The molecule has 0 aliphatic carbocycles. The molecule has 0 atom stereocenters. The van der Waals surface area contributed by atoms with E-state index in [4.69, 9.17) is 0 Å². The fourth-order valence-electron chi connectivity index (χ4n) is 0.428. The molecule has 0 saturated heterocycles. The zero-order chi connectivity index (χ0) is 8.20. The van der Waals surface area contributed by atoms with Gasteiger partial charge in [0, 0.05) is 12.8 Å². The maximum Gasteiger partial charge on any atom is 0.389 e. The maximum atomic E-state index is 11.3. The Bertz CT molecular complexity index is 117. The lowest BCUT2D eigenvalue weighted by atomic mass is 10.2. The Balaban J connectivity index is 3.29.